The highest BCUT2D eigenvalue weighted by molar-refractivity contribution is 5.80. The number of aromatic nitrogens is 2. The molecule has 1 fully saturated rings. The van der Waals surface area contributed by atoms with E-state index in [0.717, 1.165) is 29.8 Å². The molecule has 2 bridgehead atoms. The van der Waals surface area contributed by atoms with Crippen molar-refractivity contribution in [3.05, 3.63) is 60.6 Å². The third kappa shape index (κ3) is 2.89. The van der Waals surface area contributed by atoms with Crippen LogP contribution >= 0.6 is 0 Å². The van der Waals surface area contributed by atoms with Gasteiger partial charge in [-0.3, -0.25) is 4.79 Å². The van der Waals surface area contributed by atoms with Gasteiger partial charge in [0.25, 0.3) is 0 Å². The van der Waals surface area contributed by atoms with Crippen molar-refractivity contribution in [3.8, 4) is 11.3 Å². The molecule has 0 aliphatic heterocycles. The van der Waals surface area contributed by atoms with Crippen molar-refractivity contribution in [3.63, 3.8) is 0 Å². The second-order valence-corrected chi connectivity index (χ2v) is 6.37. The van der Waals surface area contributed by atoms with E-state index in [4.69, 9.17) is 0 Å². The Morgan fingerprint density at radius 2 is 2.00 bits per heavy atom. The Morgan fingerprint density at radius 3 is 2.74 bits per heavy atom. The summed E-state index contributed by atoms with van der Waals surface area (Å²) in [6, 6.07) is 11.9. The summed E-state index contributed by atoms with van der Waals surface area (Å²) < 4.78 is 0. The number of hydrogen-bond acceptors (Lipinski definition) is 3. The first-order chi connectivity index (χ1) is 11.3. The summed E-state index contributed by atoms with van der Waals surface area (Å²) in [7, 11) is 0. The maximum absolute atomic E-state index is 12.4. The predicted molar refractivity (Wildman–Crippen MR) is 88.2 cm³/mol. The molecule has 4 heteroatoms. The molecule has 4 nitrogen and oxygen atoms in total. The van der Waals surface area contributed by atoms with Crippen LogP contribution in [0.5, 0.6) is 0 Å². The standard InChI is InChI=1S/C19H19N3O/c23-19(17-9-13-6-7-15(17)8-13)20-11-16-10-18(22-12-21-16)14-4-2-1-3-5-14/h1-7,10,12-13,15,17H,8-9,11H2,(H,20,23). The van der Waals surface area contributed by atoms with Crippen molar-refractivity contribution in [1.82, 2.24) is 15.3 Å². The molecule has 0 radical (unpaired) electrons. The normalized spacial score (nSPS) is 24.8. The summed E-state index contributed by atoms with van der Waals surface area (Å²) in [6.45, 7) is 0.457. The molecule has 1 aromatic carbocycles. The van der Waals surface area contributed by atoms with Crippen LogP contribution in [-0.2, 0) is 11.3 Å². The first-order valence-electron chi connectivity index (χ1n) is 8.12. The lowest BCUT2D eigenvalue weighted by molar-refractivity contribution is -0.125. The van der Waals surface area contributed by atoms with Gasteiger partial charge in [0.2, 0.25) is 5.91 Å². The van der Waals surface area contributed by atoms with Crippen molar-refractivity contribution < 1.29 is 4.79 Å². The SMILES string of the molecule is O=C(NCc1cc(-c2ccccc2)ncn1)C1CC2C=CC1C2. The molecule has 1 amide bonds. The van der Waals surface area contributed by atoms with Gasteiger partial charge in [-0.2, -0.15) is 0 Å². The molecule has 3 atom stereocenters. The van der Waals surface area contributed by atoms with Gasteiger partial charge in [0.05, 0.1) is 17.9 Å². The first-order valence-corrected chi connectivity index (χ1v) is 8.12. The highest BCUT2D eigenvalue weighted by atomic mass is 16.1. The molecule has 2 aliphatic rings. The van der Waals surface area contributed by atoms with Crippen LogP contribution in [0.4, 0.5) is 0 Å². The fourth-order valence-electron chi connectivity index (χ4n) is 3.65. The van der Waals surface area contributed by atoms with Gasteiger partial charge in [-0.15, -0.1) is 0 Å². The molecule has 1 aromatic heterocycles. The second kappa shape index (κ2) is 5.95. The highest BCUT2D eigenvalue weighted by Crippen LogP contribution is 2.43. The third-order valence-electron chi connectivity index (χ3n) is 4.85. The summed E-state index contributed by atoms with van der Waals surface area (Å²) >= 11 is 0. The number of nitrogens with one attached hydrogen (secondary N) is 1. The Labute approximate surface area is 135 Å². The van der Waals surface area contributed by atoms with Crippen molar-refractivity contribution in [2.45, 2.75) is 19.4 Å². The number of carbonyl (C=O) groups is 1. The minimum Gasteiger partial charge on any atom is -0.350 e. The van der Waals surface area contributed by atoms with Crippen LogP contribution in [0, 0.1) is 17.8 Å². The van der Waals surface area contributed by atoms with Crippen LogP contribution in [0.25, 0.3) is 11.3 Å². The second-order valence-electron chi connectivity index (χ2n) is 6.37. The van der Waals surface area contributed by atoms with E-state index in [0.29, 0.717) is 18.4 Å². The van der Waals surface area contributed by atoms with Crippen molar-refractivity contribution in [2.24, 2.45) is 17.8 Å². The van der Waals surface area contributed by atoms with Gasteiger partial charge < -0.3 is 5.32 Å². The van der Waals surface area contributed by atoms with Crippen LogP contribution in [0.15, 0.2) is 54.9 Å². The summed E-state index contributed by atoms with van der Waals surface area (Å²) in [5.41, 5.74) is 2.78. The molecule has 0 saturated heterocycles. The Kier molecular flexibility index (Phi) is 3.66. The van der Waals surface area contributed by atoms with Gasteiger partial charge in [-0.1, -0.05) is 42.5 Å². The molecule has 1 heterocycles. The minimum absolute atomic E-state index is 0.139. The predicted octanol–water partition coefficient (Wildman–Crippen LogP) is 2.97. The van der Waals surface area contributed by atoms with Gasteiger partial charge in [-0.25, -0.2) is 9.97 Å². The lowest BCUT2D eigenvalue weighted by atomic mass is 9.93. The minimum atomic E-state index is 0.139. The highest BCUT2D eigenvalue weighted by Gasteiger charge is 2.39. The molecule has 4 rings (SSSR count). The average Bonchev–Trinajstić information content (AvgIpc) is 3.24. The molecule has 2 aromatic rings. The van der Waals surface area contributed by atoms with Crippen LogP contribution in [-0.4, -0.2) is 15.9 Å². The summed E-state index contributed by atoms with van der Waals surface area (Å²) in [4.78, 5) is 21.0. The van der Waals surface area contributed by atoms with E-state index in [2.05, 4.69) is 27.4 Å². The average molecular weight is 305 g/mol. The molecule has 23 heavy (non-hydrogen) atoms. The zero-order valence-electron chi connectivity index (χ0n) is 12.9. The lowest BCUT2D eigenvalue weighted by Gasteiger charge is -2.17. The summed E-state index contributed by atoms with van der Waals surface area (Å²) in [5, 5.41) is 3.04. The van der Waals surface area contributed by atoms with Crippen LogP contribution in [0.2, 0.25) is 0 Å². The van der Waals surface area contributed by atoms with E-state index in [9.17, 15) is 4.79 Å². The number of hydrogen-bond donors (Lipinski definition) is 1. The van der Waals surface area contributed by atoms with E-state index < -0.39 is 0 Å². The van der Waals surface area contributed by atoms with Gasteiger partial charge >= 0.3 is 0 Å². The van der Waals surface area contributed by atoms with E-state index >= 15 is 0 Å². The van der Waals surface area contributed by atoms with Gasteiger partial charge in [-0.05, 0) is 30.7 Å². The number of nitrogens with zero attached hydrogens (tertiary/aromatic N) is 2. The van der Waals surface area contributed by atoms with Crippen molar-refractivity contribution >= 4 is 5.91 Å². The largest absolute Gasteiger partial charge is 0.350 e. The molecule has 0 spiro atoms. The maximum Gasteiger partial charge on any atom is 0.224 e. The number of allylic oxidation sites excluding steroid dienone is 2. The molecule has 1 saturated carbocycles. The third-order valence-corrected chi connectivity index (χ3v) is 4.85. The fraction of sp³-hybridized carbons (Fsp3) is 0.316. The van der Waals surface area contributed by atoms with Crippen molar-refractivity contribution in [2.75, 3.05) is 0 Å². The Balaban J connectivity index is 1.41. The summed E-state index contributed by atoms with van der Waals surface area (Å²) in [5.74, 6) is 1.34. The number of rotatable bonds is 4. The van der Waals surface area contributed by atoms with Crippen molar-refractivity contribution in [1.29, 1.82) is 0 Å². The zero-order chi connectivity index (χ0) is 15.6. The maximum atomic E-state index is 12.4. The van der Waals surface area contributed by atoms with E-state index in [1.54, 1.807) is 6.33 Å². The number of amides is 1. The molecular formula is C19H19N3O. The van der Waals surface area contributed by atoms with Crippen LogP contribution < -0.4 is 5.32 Å². The smallest absolute Gasteiger partial charge is 0.224 e. The zero-order valence-corrected chi connectivity index (χ0v) is 12.9. The van der Waals surface area contributed by atoms with Gasteiger partial charge in [0, 0.05) is 11.5 Å². The lowest BCUT2D eigenvalue weighted by Crippen LogP contribution is -2.32. The first kappa shape index (κ1) is 14.1. The van der Waals surface area contributed by atoms with Crippen LogP contribution in [0.3, 0.4) is 0 Å². The topological polar surface area (TPSA) is 54.9 Å². The molecule has 2 aliphatic carbocycles. The molecular weight excluding hydrogens is 286 g/mol. The molecule has 116 valence electrons. The van der Waals surface area contributed by atoms with Gasteiger partial charge in [0.15, 0.2) is 0 Å². The Hall–Kier alpha value is -2.49. The number of fused-ring (bicyclic) bond motifs is 2. The van der Waals surface area contributed by atoms with E-state index in [-0.39, 0.29) is 11.8 Å². The van der Waals surface area contributed by atoms with Gasteiger partial charge in [0.1, 0.15) is 6.33 Å². The number of carbonyl (C=O) groups excluding carboxylic acids is 1. The Bertz CT molecular complexity index is 741. The van der Waals surface area contributed by atoms with Crippen LogP contribution in [0.1, 0.15) is 18.5 Å². The quantitative estimate of drug-likeness (QED) is 0.884. The monoisotopic (exact) mass is 305 g/mol. The fourth-order valence-corrected chi connectivity index (χ4v) is 3.65. The van der Waals surface area contributed by atoms with E-state index in [1.807, 2.05) is 36.4 Å². The van der Waals surface area contributed by atoms with E-state index in [1.165, 1.54) is 0 Å². The molecule has 3 unspecified atom stereocenters. The Morgan fingerprint density at radius 1 is 1.13 bits per heavy atom. The summed E-state index contributed by atoms with van der Waals surface area (Å²) in [6.07, 6.45) is 8.15. The molecule has 1 N–H and O–H groups in total. The number of benzene rings is 1.